The topological polar surface area (TPSA) is 72.8 Å². The van der Waals surface area contributed by atoms with Gasteiger partial charge in [-0.15, -0.1) is 0 Å². The van der Waals surface area contributed by atoms with Gasteiger partial charge in [-0.05, 0) is 68.6 Å². The number of rotatable bonds is 11. The molecule has 34 heavy (non-hydrogen) atoms. The minimum absolute atomic E-state index is 0. The maximum absolute atomic E-state index is 13.2. The molecule has 1 saturated carbocycles. The molecule has 0 saturated heterocycles. The Kier molecular flexibility index (Phi) is 11.4. The minimum atomic E-state index is -1.45. The van der Waals surface area contributed by atoms with Gasteiger partial charge >= 0.3 is 11.9 Å². The molecule has 1 fully saturated rings. The van der Waals surface area contributed by atoms with Crippen molar-refractivity contribution in [3.05, 3.63) is 84.0 Å². The van der Waals surface area contributed by atoms with Crippen LogP contribution in [0.4, 0.5) is 0 Å². The molecule has 0 amide bonds. The largest absolute Gasteiger partial charge is 0.465 e. The van der Waals surface area contributed by atoms with Gasteiger partial charge in [0.1, 0.15) is 6.10 Å². The number of hydrogen-bond acceptors (Lipinski definition) is 5. The molecule has 0 heterocycles. The molecule has 1 aliphatic rings. The minimum Gasteiger partial charge on any atom is -0.465 e. The third-order valence-electron chi connectivity index (χ3n) is 6.27. The van der Waals surface area contributed by atoms with E-state index >= 15 is 0 Å². The van der Waals surface area contributed by atoms with E-state index in [0.29, 0.717) is 12.5 Å². The average molecular weight is 600 g/mol. The predicted octanol–water partition coefficient (Wildman–Crippen LogP) is 5.57. The molecule has 0 aliphatic heterocycles. The van der Waals surface area contributed by atoms with Crippen LogP contribution in [-0.2, 0) is 19.1 Å². The summed E-state index contributed by atoms with van der Waals surface area (Å²) >= 11 is 0. The summed E-state index contributed by atoms with van der Waals surface area (Å²) in [6.45, 7) is 5.78. The van der Waals surface area contributed by atoms with Crippen LogP contribution in [0.5, 0.6) is 0 Å². The van der Waals surface area contributed by atoms with E-state index in [0.717, 1.165) is 16.7 Å². The van der Waals surface area contributed by atoms with Crippen molar-refractivity contribution in [2.45, 2.75) is 40.0 Å². The maximum Gasteiger partial charge on any atom is 0.323 e. The van der Waals surface area contributed by atoms with Crippen LogP contribution in [0.15, 0.2) is 66.7 Å². The third kappa shape index (κ3) is 6.98. The van der Waals surface area contributed by atoms with Crippen molar-refractivity contribution < 1.29 is 64.6 Å². The Morgan fingerprint density at radius 3 is 1.94 bits per heavy atom. The fraction of sp³-hybridized carbons (Fsp3) is 0.393. The van der Waals surface area contributed by atoms with Gasteiger partial charge in [0.15, 0.2) is 5.41 Å². The predicted molar refractivity (Wildman–Crippen MR) is 127 cm³/mol. The van der Waals surface area contributed by atoms with Crippen LogP contribution in [0, 0.1) is 63.7 Å². The molecule has 0 bridgehead atoms. The second kappa shape index (κ2) is 13.5. The molecule has 6 heteroatoms. The number of ether oxygens (including phenoxy) is 2. The Hall–Kier alpha value is -1.58. The maximum atomic E-state index is 13.2. The first-order valence-corrected chi connectivity index (χ1v) is 11.6. The number of aliphatic hydroxyl groups is 1. The Morgan fingerprint density at radius 2 is 1.44 bits per heavy atom. The molecular formula is C28H33O5Sm. The fourth-order valence-electron chi connectivity index (χ4n) is 4.26. The van der Waals surface area contributed by atoms with E-state index in [1.54, 1.807) is 13.8 Å². The average Bonchev–Trinajstić information content (AvgIpc) is 3.61. The number of aliphatic hydroxyl groups excluding tert-OH is 1. The molecule has 2 aromatic carbocycles. The molecule has 181 valence electrons. The Bertz CT molecular complexity index is 939. The summed E-state index contributed by atoms with van der Waals surface area (Å²) in [5.74, 6) is -1.23. The number of benzene rings is 2. The number of esters is 2. The third-order valence-corrected chi connectivity index (χ3v) is 6.27. The van der Waals surface area contributed by atoms with Crippen LogP contribution < -0.4 is 0 Å². The standard InChI is InChI=1S/C28H33O5.Sm/c1-4-32-26(30)28(27(31)33-5-2,17-16-20(3)21-12-8-6-9-13-21)19-23-18-24(23)25(29)22-14-10-7-11-15-22;/h6-16,23-24,29H,4-5,17-19H2,1-3H3;/b20-16+;. The van der Waals surface area contributed by atoms with Crippen LogP contribution in [-0.4, -0.2) is 30.3 Å². The van der Waals surface area contributed by atoms with Gasteiger partial charge in [-0.1, -0.05) is 66.7 Å². The fourth-order valence-corrected chi connectivity index (χ4v) is 4.26. The molecule has 0 spiro atoms. The Morgan fingerprint density at radius 1 is 0.941 bits per heavy atom. The van der Waals surface area contributed by atoms with Gasteiger partial charge in [0.05, 0.1) is 13.2 Å². The van der Waals surface area contributed by atoms with Gasteiger partial charge < -0.3 is 14.6 Å². The van der Waals surface area contributed by atoms with E-state index in [2.05, 4.69) is 0 Å². The van der Waals surface area contributed by atoms with Crippen LogP contribution in [0.3, 0.4) is 0 Å². The summed E-state index contributed by atoms with van der Waals surface area (Å²) in [5.41, 5.74) is 1.32. The molecule has 1 N–H and O–H groups in total. The van der Waals surface area contributed by atoms with Gasteiger partial charge in [0.25, 0.3) is 0 Å². The summed E-state index contributed by atoms with van der Waals surface area (Å²) in [6, 6.07) is 19.2. The number of carbonyl (C=O) groups is 2. The van der Waals surface area contributed by atoms with Crippen LogP contribution >= 0.6 is 0 Å². The van der Waals surface area contributed by atoms with Crippen LogP contribution in [0.25, 0.3) is 5.57 Å². The van der Waals surface area contributed by atoms with E-state index in [4.69, 9.17) is 9.47 Å². The summed E-state index contributed by atoms with van der Waals surface area (Å²) in [6.07, 6.45) is 3.38. The second-order valence-corrected chi connectivity index (χ2v) is 8.54. The van der Waals surface area contributed by atoms with Gasteiger partial charge in [-0.2, -0.15) is 0 Å². The first-order chi connectivity index (χ1) is 15.9. The quantitative estimate of drug-likeness (QED) is 0.270. The summed E-state index contributed by atoms with van der Waals surface area (Å²) in [5, 5.41) is 10.8. The van der Waals surface area contributed by atoms with Crippen molar-refractivity contribution >= 4 is 17.5 Å². The molecule has 1 radical (unpaired) electrons. The van der Waals surface area contributed by atoms with Crippen molar-refractivity contribution in [1.82, 2.24) is 0 Å². The Balaban J connectivity index is 0.00000408. The smallest absolute Gasteiger partial charge is 0.323 e. The van der Waals surface area contributed by atoms with Gasteiger partial charge in [0.2, 0.25) is 0 Å². The Labute approximate surface area is 235 Å². The van der Waals surface area contributed by atoms with E-state index in [9.17, 15) is 14.7 Å². The summed E-state index contributed by atoms with van der Waals surface area (Å²) < 4.78 is 10.8. The zero-order valence-electron chi connectivity index (χ0n) is 20.0. The molecule has 3 rings (SSSR count). The van der Waals surface area contributed by atoms with Crippen molar-refractivity contribution in [3.8, 4) is 0 Å². The normalized spacial score (nSPS) is 17.6. The van der Waals surface area contributed by atoms with Crippen LogP contribution in [0.1, 0.15) is 51.2 Å². The SMILES string of the molecule is CCOC(=O)C(C/C=C(\C)c1ccccc1)(CC1CC1[C](O)c1ccccc1)C(=O)OCC.[Sm]. The molecule has 0 aromatic heterocycles. The summed E-state index contributed by atoms with van der Waals surface area (Å²) in [4.78, 5) is 26.4. The number of allylic oxidation sites excluding steroid dienone is 2. The van der Waals surface area contributed by atoms with Crippen LogP contribution in [0.2, 0.25) is 0 Å². The van der Waals surface area contributed by atoms with E-state index in [1.165, 1.54) is 0 Å². The van der Waals surface area contributed by atoms with E-state index in [1.807, 2.05) is 73.7 Å². The van der Waals surface area contributed by atoms with Crippen molar-refractivity contribution in [2.24, 2.45) is 17.3 Å². The first-order valence-electron chi connectivity index (χ1n) is 11.6. The van der Waals surface area contributed by atoms with Crippen molar-refractivity contribution in [2.75, 3.05) is 13.2 Å². The second-order valence-electron chi connectivity index (χ2n) is 8.54. The van der Waals surface area contributed by atoms with E-state index in [-0.39, 0.29) is 78.3 Å². The van der Waals surface area contributed by atoms with E-state index < -0.39 is 17.4 Å². The first kappa shape index (κ1) is 28.7. The molecular weight excluding hydrogens is 567 g/mol. The van der Waals surface area contributed by atoms with Gasteiger partial charge in [-0.25, -0.2) is 0 Å². The molecule has 2 aromatic rings. The zero-order valence-corrected chi connectivity index (χ0v) is 22.6. The monoisotopic (exact) mass is 601 g/mol. The van der Waals surface area contributed by atoms with Crippen molar-refractivity contribution in [1.29, 1.82) is 0 Å². The molecule has 2 unspecified atom stereocenters. The number of carbonyl (C=O) groups excluding carboxylic acids is 2. The molecule has 1 aliphatic carbocycles. The number of hydrogen-bond donors (Lipinski definition) is 1. The zero-order chi connectivity index (χ0) is 23.8. The summed E-state index contributed by atoms with van der Waals surface area (Å²) in [7, 11) is 0. The van der Waals surface area contributed by atoms with Gasteiger partial charge in [-0.3, -0.25) is 9.59 Å². The van der Waals surface area contributed by atoms with Crippen molar-refractivity contribution in [3.63, 3.8) is 0 Å². The van der Waals surface area contributed by atoms with Gasteiger partial charge in [0, 0.05) is 40.4 Å². The molecule has 5 nitrogen and oxygen atoms in total. The molecule has 2 atom stereocenters.